The van der Waals surface area contributed by atoms with Crippen LogP contribution in [0, 0.1) is 5.92 Å². The van der Waals surface area contributed by atoms with Crippen molar-refractivity contribution in [3.63, 3.8) is 0 Å². The first-order valence-corrected chi connectivity index (χ1v) is 5.13. The highest BCUT2D eigenvalue weighted by Crippen LogP contribution is 2.32. The third-order valence-corrected chi connectivity index (χ3v) is 3.05. The largest absolute Gasteiger partial charge is 0.299 e. The molecular formula is C10H15N3. The lowest BCUT2D eigenvalue weighted by molar-refractivity contribution is 0.0935. The van der Waals surface area contributed by atoms with Crippen molar-refractivity contribution >= 4 is 0 Å². The average Bonchev–Trinajstić information content (AvgIpc) is 2.72. The maximum Gasteiger partial charge on any atom is 0.0772 e. The third-order valence-electron chi connectivity index (χ3n) is 3.05. The second-order valence-electron chi connectivity index (χ2n) is 4.30. The Hall–Kier alpha value is -0.830. The fraction of sp³-hybridized carbons (Fsp3) is 0.700. The molecule has 1 aromatic rings. The number of hydrogen-bond donors (Lipinski definition) is 0. The number of aromatic nitrogens is 2. The highest BCUT2D eigenvalue weighted by Gasteiger charge is 2.32. The number of rotatable bonds is 3. The topological polar surface area (TPSA) is 21.1 Å². The Balaban J connectivity index is 1.51. The second kappa shape index (κ2) is 2.84. The molecule has 0 aromatic carbocycles. The third kappa shape index (κ3) is 1.48. The molecule has 0 radical (unpaired) electrons. The Morgan fingerprint density at radius 1 is 1.31 bits per heavy atom. The van der Waals surface area contributed by atoms with Crippen LogP contribution >= 0.6 is 0 Å². The van der Waals surface area contributed by atoms with Crippen molar-refractivity contribution in [2.75, 3.05) is 19.6 Å². The van der Waals surface area contributed by atoms with Crippen LogP contribution in [0.4, 0.5) is 0 Å². The molecule has 3 heteroatoms. The van der Waals surface area contributed by atoms with E-state index in [4.69, 9.17) is 0 Å². The molecule has 0 amide bonds. The molecule has 2 heterocycles. The smallest absolute Gasteiger partial charge is 0.0772 e. The zero-order chi connectivity index (χ0) is 8.67. The summed E-state index contributed by atoms with van der Waals surface area (Å²) in [6.45, 7) is 3.74. The molecule has 1 aromatic heterocycles. The van der Waals surface area contributed by atoms with Gasteiger partial charge in [-0.1, -0.05) is 0 Å². The van der Waals surface area contributed by atoms with Crippen LogP contribution < -0.4 is 0 Å². The molecule has 1 aliphatic heterocycles. The van der Waals surface area contributed by atoms with Crippen LogP contribution in [-0.4, -0.2) is 34.3 Å². The van der Waals surface area contributed by atoms with E-state index in [0.717, 1.165) is 5.92 Å². The summed E-state index contributed by atoms with van der Waals surface area (Å²) in [5, 5.41) is 4.26. The first-order valence-electron chi connectivity index (χ1n) is 5.13. The van der Waals surface area contributed by atoms with E-state index >= 15 is 0 Å². The first kappa shape index (κ1) is 7.56. The average molecular weight is 177 g/mol. The molecule has 3 nitrogen and oxygen atoms in total. The van der Waals surface area contributed by atoms with Crippen molar-refractivity contribution in [3.05, 3.63) is 18.5 Å². The number of hydrogen-bond acceptors (Lipinski definition) is 2. The van der Waals surface area contributed by atoms with E-state index in [1.807, 2.05) is 12.3 Å². The number of nitrogens with zero attached hydrogens (tertiary/aromatic N) is 3. The van der Waals surface area contributed by atoms with Gasteiger partial charge >= 0.3 is 0 Å². The monoisotopic (exact) mass is 177 g/mol. The van der Waals surface area contributed by atoms with Crippen LogP contribution in [0.25, 0.3) is 0 Å². The van der Waals surface area contributed by atoms with Gasteiger partial charge in [0.25, 0.3) is 0 Å². The van der Waals surface area contributed by atoms with Gasteiger partial charge in [-0.05, 0) is 24.8 Å². The van der Waals surface area contributed by atoms with Crippen LogP contribution in [0.3, 0.4) is 0 Å². The quantitative estimate of drug-likeness (QED) is 0.690. The summed E-state index contributed by atoms with van der Waals surface area (Å²) >= 11 is 0. The van der Waals surface area contributed by atoms with E-state index in [1.165, 1.54) is 32.5 Å². The van der Waals surface area contributed by atoms with E-state index < -0.39 is 0 Å². The Bertz CT molecular complexity index is 270. The highest BCUT2D eigenvalue weighted by molar-refractivity contribution is 4.91. The molecule has 0 atom stereocenters. The van der Waals surface area contributed by atoms with E-state index in [-0.39, 0.29) is 0 Å². The Labute approximate surface area is 78.3 Å². The number of likely N-dealkylation sites (tertiary alicyclic amines) is 1. The SMILES string of the molecule is c1cnn(C2CN(CC3CC3)C2)c1. The lowest BCUT2D eigenvalue weighted by Crippen LogP contribution is -2.48. The Morgan fingerprint density at radius 3 is 2.77 bits per heavy atom. The predicted octanol–water partition coefficient (Wildman–Crippen LogP) is 1.15. The standard InChI is InChI=1S/C10H15N3/c1-4-11-13(5-1)10-7-12(8-10)6-9-2-3-9/h1,4-5,9-10H,2-3,6-8H2. The molecule has 0 bridgehead atoms. The summed E-state index contributed by atoms with van der Waals surface area (Å²) in [5.41, 5.74) is 0. The van der Waals surface area contributed by atoms with Crippen LogP contribution in [0.5, 0.6) is 0 Å². The molecule has 0 N–H and O–H groups in total. The summed E-state index contributed by atoms with van der Waals surface area (Å²) < 4.78 is 2.09. The first-order chi connectivity index (χ1) is 6.42. The fourth-order valence-electron chi connectivity index (χ4n) is 2.02. The van der Waals surface area contributed by atoms with Gasteiger partial charge in [-0.3, -0.25) is 9.58 Å². The van der Waals surface area contributed by atoms with Gasteiger partial charge in [-0.2, -0.15) is 5.10 Å². The molecule has 0 unspecified atom stereocenters. The lowest BCUT2D eigenvalue weighted by atomic mass is 10.1. The van der Waals surface area contributed by atoms with Crippen LogP contribution in [0.15, 0.2) is 18.5 Å². The minimum absolute atomic E-state index is 0.647. The van der Waals surface area contributed by atoms with Gasteiger partial charge in [-0.25, -0.2) is 0 Å². The normalized spacial score (nSPS) is 24.6. The maximum absolute atomic E-state index is 4.26. The molecule has 1 saturated heterocycles. The highest BCUT2D eigenvalue weighted by atomic mass is 15.4. The van der Waals surface area contributed by atoms with Gasteiger partial charge in [0.1, 0.15) is 0 Å². The molecule has 13 heavy (non-hydrogen) atoms. The lowest BCUT2D eigenvalue weighted by Gasteiger charge is -2.39. The molecular weight excluding hydrogens is 162 g/mol. The zero-order valence-corrected chi connectivity index (χ0v) is 7.76. The van der Waals surface area contributed by atoms with Gasteiger partial charge in [-0.15, -0.1) is 0 Å². The predicted molar refractivity (Wildman–Crippen MR) is 50.4 cm³/mol. The van der Waals surface area contributed by atoms with Crippen LogP contribution in [0.2, 0.25) is 0 Å². The molecule has 0 spiro atoms. The summed E-state index contributed by atoms with van der Waals surface area (Å²) in [6, 6.07) is 2.65. The van der Waals surface area contributed by atoms with Crippen molar-refractivity contribution in [3.8, 4) is 0 Å². The van der Waals surface area contributed by atoms with Gasteiger partial charge in [0.15, 0.2) is 0 Å². The van der Waals surface area contributed by atoms with E-state index in [0.29, 0.717) is 6.04 Å². The Morgan fingerprint density at radius 2 is 2.15 bits per heavy atom. The van der Waals surface area contributed by atoms with Crippen LogP contribution in [-0.2, 0) is 0 Å². The summed E-state index contributed by atoms with van der Waals surface area (Å²) in [4.78, 5) is 2.55. The van der Waals surface area contributed by atoms with E-state index in [1.54, 1.807) is 0 Å². The summed E-state index contributed by atoms with van der Waals surface area (Å²) in [7, 11) is 0. The van der Waals surface area contributed by atoms with Crippen molar-refractivity contribution in [2.24, 2.45) is 5.92 Å². The zero-order valence-electron chi connectivity index (χ0n) is 7.76. The van der Waals surface area contributed by atoms with Crippen molar-refractivity contribution in [1.82, 2.24) is 14.7 Å². The minimum atomic E-state index is 0.647. The van der Waals surface area contributed by atoms with Gasteiger partial charge in [0.05, 0.1) is 6.04 Å². The van der Waals surface area contributed by atoms with E-state index in [2.05, 4.69) is 20.9 Å². The van der Waals surface area contributed by atoms with Crippen molar-refractivity contribution in [2.45, 2.75) is 18.9 Å². The summed E-state index contributed by atoms with van der Waals surface area (Å²) in [6.07, 6.45) is 6.86. The molecule has 1 saturated carbocycles. The van der Waals surface area contributed by atoms with Crippen LogP contribution in [0.1, 0.15) is 18.9 Å². The summed E-state index contributed by atoms with van der Waals surface area (Å²) in [5.74, 6) is 1.03. The molecule has 3 rings (SSSR count). The van der Waals surface area contributed by atoms with Gasteiger partial charge in [0, 0.05) is 32.0 Å². The van der Waals surface area contributed by atoms with Crippen molar-refractivity contribution in [1.29, 1.82) is 0 Å². The fourth-order valence-corrected chi connectivity index (χ4v) is 2.02. The van der Waals surface area contributed by atoms with E-state index in [9.17, 15) is 0 Å². The second-order valence-corrected chi connectivity index (χ2v) is 4.30. The van der Waals surface area contributed by atoms with Gasteiger partial charge in [0.2, 0.25) is 0 Å². The maximum atomic E-state index is 4.26. The molecule has 2 fully saturated rings. The Kier molecular flexibility index (Phi) is 1.65. The molecule has 1 aliphatic carbocycles. The molecule has 2 aliphatic rings. The minimum Gasteiger partial charge on any atom is -0.299 e. The molecule has 70 valence electrons. The van der Waals surface area contributed by atoms with Gasteiger partial charge < -0.3 is 0 Å². The van der Waals surface area contributed by atoms with Crippen molar-refractivity contribution < 1.29 is 0 Å².